The summed E-state index contributed by atoms with van der Waals surface area (Å²) in [4.78, 5) is 10.9. The molecule has 0 aliphatic carbocycles. The van der Waals surface area contributed by atoms with E-state index in [0.717, 1.165) is 0 Å². The highest BCUT2D eigenvalue weighted by molar-refractivity contribution is 7.92. The molecule has 2 rings (SSSR count). The molecule has 166 valence electrons. The molecular weight excluding hydrogens is 414 g/mol. The van der Waals surface area contributed by atoms with Gasteiger partial charge >= 0.3 is 5.97 Å². The molecule has 2 aromatic rings. The Morgan fingerprint density at radius 2 is 1.45 bits per heavy atom. The zero-order valence-corrected chi connectivity index (χ0v) is 19.5. The number of phenols is 1. The Balaban J connectivity index is 2.54. The molecule has 0 heterocycles. The normalized spacial score (nSPS) is 13.5. The second kappa shape index (κ2) is 8.35. The summed E-state index contributed by atoms with van der Waals surface area (Å²) in [6.07, 6.45) is -0.0496. The number of benzene rings is 2. The van der Waals surface area contributed by atoms with Gasteiger partial charge in [0.2, 0.25) is 0 Å². The Morgan fingerprint density at radius 1 is 1.00 bits per heavy atom. The van der Waals surface area contributed by atoms with Crippen LogP contribution in [-0.2, 0) is 27.1 Å². The standard InChI is InChI=1S/C24H29NO5S/c1-23(2,3)19-12-15(13-20(21(19)26)24(4,5)6)11-18(14-25)31(29,30)17-9-7-16(8-10-17)22(27)28/h7-10,12-13,18,26H,11H2,1-6H3,(H,27,28). The van der Waals surface area contributed by atoms with Gasteiger partial charge in [0.25, 0.3) is 0 Å². The van der Waals surface area contributed by atoms with Crippen LogP contribution < -0.4 is 0 Å². The van der Waals surface area contributed by atoms with Crippen LogP contribution in [0.15, 0.2) is 41.3 Å². The third-order valence-corrected chi connectivity index (χ3v) is 7.11. The SMILES string of the molecule is CC(C)(C)c1cc(CC(C#N)S(=O)(=O)c2ccc(C(=O)O)cc2)cc(C(C)(C)C)c1O. The first-order chi connectivity index (χ1) is 14.1. The summed E-state index contributed by atoms with van der Waals surface area (Å²) in [6.45, 7) is 11.8. The fourth-order valence-electron chi connectivity index (χ4n) is 3.35. The molecule has 0 amide bonds. The number of nitrogens with zero attached hydrogens (tertiary/aromatic N) is 1. The summed E-state index contributed by atoms with van der Waals surface area (Å²) in [5.41, 5.74) is 1.23. The third-order valence-electron chi connectivity index (χ3n) is 5.16. The Labute approximate surface area is 184 Å². The van der Waals surface area contributed by atoms with Gasteiger partial charge < -0.3 is 10.2 Å². The molecule has 0 fully saturated rings. The lowest BCUT2D eigenvalue weighted by atomic mass is 9.78. The van der Waals surface area contributed by atoms with Crippen LogP contribution in [0.1, 0.15) is 68.6 Å². The maximum atomic E-state index is 13.1. The first kappa shape index (κ1) is 24.4. The number of rotatable bonds is 5. The number of carboxylic acid groups (broad SMARTS) is 1. The average Bonchev–Trinajstić information content (AvgIpc) is 2.65. The van der Waals surface area contributed by atoms with Crippen LogP contribution in [-0.4, -0.2) is 29.9 Å². The van der Waals surface area contributed by atoms with Crippen LogP contribution in [0.2, 0.25) is 0 Å². The molecule has 0 bridgehead atoms. The molecule has 0 saturated heterocycles. The van der Waals surface area contributed by atoms with Crippen molar-refractivity contribution >= 4 is 15.8 Å². The van der Waals surface area contributed by atoms with Gasteiger partial charge in [0.1, 0.15) is 5.75 Å². The van der Waals surface area contributed by atoms with Gasteiger partial charge in [-0.3, -0.25) is 0 Å². The van der Waals surface area contributed by atoms with E-state index < -0.39 is 21.1 Å². The van der Waals surface area contributed by atoms with Crippen molar-refractivity contribution in [3.05, 3.63) is 58.7 Å². The first-order valence-corrected chi connectivity index (χ1v) is 11.5. The first-order valence-electron chi connectivity index (χ1n) is 9.92. The Morgan fingerprint density at radius 3 is 1.81 bits per heavy atom. The van der Waals surface area contributed by atoms with Crippen molar-refractivity contribution in [3.63, 3.8) is 0 Å². The van der Waals surface area contributed by atoms with Crippen molar-refractivity contribution in [2.24, 2.45) is 0 Å². The van der Waals surface area contributed by atoms with Gasteiger partial charge in [0, 0.05) is 6.42 Å². The second-order valence-corrected chi connectivity index (χ2v) is 11.9. The van der Waals surface area contributed by atoms with E-state index in [1.165, 1.54) is 24.3 Å². The van der Waals surface area contributed by atoms with E-state index in [1.807, 2.05) is 47.6 Å². The quantitative estimate of drug-likeness (QED) is 0.698. The summed E-state index contributed by atoms with van der Waals surface area (Å²) in [7, 11) is -4.02. The highest BCUT2D eigenvalue weighted by atomic mass is 32.2. The molecule has 0 aliphatic heterocycles. The van der Waals surface area contributed by atoms with Crippen molar-refractivity contribution in [2.75, 3.05) is 0 Å². The minimum atomic E-state index is -4.02. The molecule has 6 nitrogen and oxygen atoms in total. The number of hydrogen-bond acceptors (Lipinski definition) is 5. The van der Waals surface area contributed by atoms with Gasteiger partial charge in [0.05, 0.1) is 16.5 Å². The van der Waals surface area contributed by atoms with Gasteiger partial charge in [-0.1, -0.05) is 53.7 Å². The van der Waals surface area contributed by atoms with Crippen LogP contribution in [0.4, 0.5) is 0 Å². The van der Waals surface area contributed by atoms with E-state index in [2.05, 4.69) is 0 Å². The third kappa shape index (κ3) is 5.26. The van der Waals surface area contributed by atoms with Crippen LogP contribution in [0.25, 0.3) is 0 Å². The minimum Gasteiger partial charge on any atom is -0.507 e. The molecule has 1 atom stereocenters. The molecule has 0 aromatic heterocycles. The van der Waals surface area contributed by atoms with Crippen molar-refractivity contribution in [1.82, 2.24) is 0 Å². The molecule has 2 N–H and O–H groups in total. The fraction of sp³-hybridized carbons (Fsp3) is 0.417. The highest BCUT2D eigenvalue weighted by Crippen LogP contribution is 2.40. The van der Waals surface area contributed by atoms with Crippen LogP contribution in [0.5, 0.6) is 5.75 Å². The largest absolute Gasteiger partial charge is 0.507 e. The summed E-state index contributed by atoms with van der Waals surface area (Å²) in [5.74, 6) is -0.973. The molecule has 1 unspecified atom stereocenters. The summed E-state index contributed by atoms with van der Waals surface area (Å²) >= 11 is 0. The lowest BCUT2D eigenvalue weighted by Gasteiger charge is -2.28. The monoisotopic (exact) mass is 443 g/mol. The van der Waals surface area contributed by atoms with E-state index in [4.69, 9.17) is 5.11 Å². The van der Waals surface area contributed by atoms with Gasteiger partial charge in [-0.05, 0) is 51.8 Å². The van der Waals surface area contributed by atoms with Crippen molar-refractivity contribution in [3.8, 4) is 11.8 Å². The fourth-order valence-corrected chi connectivity index (χ4v) is 4.74. The van der Waals surface area contributed by atoms with Gasteiger partial charge in [-0.15, -0.1) is 0 Å². The molecule has 0 radical (unpaired) electrons. The van der Waals surface area contributed by atoms with Crippen molar-refractivity contribution in [2.45, 2.75) is 68.9 Å². The highest BCUT2D eigenvalue weighted by Gasteiger charge is 2.31. The Kier molecular flexibility index (Phi) is 6.58. The number of carbonyl (C=O) groups is 1. The number of aromatic hydroxyl groups is 1. The van der Waals surface area contributed by atoms with Gasteiger partial charge in [-0.25, -0.2) is 13.2 Å². The van der Waals surface area contributed by atoms with Crippen molar-refractivity contribution < 1.29 is 23.4 Å². The van der Waals surface area contributed by atoms with Crippen LogP contribution in [0.3, 0.4) is 0 Å². The predicted octanol–water partition coefficient (Wildman–Crippen LogP) is 4.59. The van der Waals surface area contributed by atoms with Gasteiger partial charge in [0.15, 0.2) is 15.1 Å². The number of sulfone groups is 1. The van der Waals surface area contributed by atoms with E-state index >= 15 is 0 Å². The number of phenolic OH excluding ortho intramolecular Hbond substituents is 1. The Bertz CT molecular complexity index is 1090. The maximum Gasteiger partial charge on any atom is 0.335 e. The second-order valence-electron chi connectivity index (χ2n) is 9.74. The predicted molar refractivity (Wildman–Crippen MR) is 119 cm³/mol. The molecular formula is C24H29NO5S. The molecule has 2 aromatic carbocycles. The number of carboxylic acids is 1. The average molecular weight is 444 g/mol. The molecule has 0 saturated carbocycles. The van der Waals surface area contributed by atoms with Gasteiger partial charge in [-0.2, -0.15) is 5.26 Å². The maximum absolute atomic E-state index is 13.1. The van der Waals surface area contributed by atoms with E-state index in [9.17, 15) is 23.6 Å². The lowest BCUT2D eigenvalue weighted by Crippen LogP contribution is -2.24. The van der Waals surface area contributed by atoms with Crippen LogP contribution in [0, 0.1) is 11.3 Å². The zero-order valence-electron chi connectivity index (χ0n) is 18.7. The number of aromatic carboxylic acids is 1. The summed E-state index contributed by atoms with van der Waals surface area (Å²) in [5, 5.41) is 28.2. The summed E-state index contributed by atoms with van der Waals surface area (Å²) < 4.78 is 26.1. The lowest BCUT2D eigenvalue weighted by molar-refractivity contribution is 0.0696. The van der Waals surface area contributed by atoms with E-state index in [0.29, 0.717) is 16.7 Å². The van der Waals surface area contributed by atoms with Crippen molar-refractivity contribution in [1.29, 1.82) is 5.26 Å². The van der Waals surface area contributed by atoms with E-state index in [1.54, 1.807) is 12.1 Å². The number of hydrogen-bond donors (Lipinski definition) is 2. The molecule has 0 spiro atoms. The topological polar surface area (TPSA) is 115 Å². The van der Waals surface area contributed by atoms with Crippen LogP contribution >= 0.6 is 0 Å². The molecule has 7 heteroatoms. The zero-order chi connectivity index (χ0) is 23.8. The smallest absolute Gasteiger partial charge is 0.335 e. The summed E-state index contributed by atoms with van der Waals surface area (Å²) in [6, 6.07) is 10.2. The number of nitriles is 1. The molecule has 0 aliphatic rings. The Hall–Kier alpha value is -2.85. The minimum absolute atomic E-state index is 0.0318. The van der Waals surface area contributed by atoms with E-state index in [-0.39, 0.29) is 33.5 Å². The molecule has 31 heavy (non-hydrogen) atoms.